The van der Waals surface area contributed by atoms with Crippen molar-refractivity contribution in [3.8, 4) is 17.2 Å². The first-order valence-corrected chi connectivity index (χ1v) is 14.8. The van der Waals surface area contributed by atoms with E-state index >= 15 is 0 Å². The van der Waals surface area contributed by atoms with Crippen molar-refractivity contribution >= 4 is 33.4 Å². The van der Waals surface area contributed by atoms with E-state index in [1.807, 2.05) is 19.1 Å². The maximum Gasteiger partial charge on any atom is 0.264 e. The number of carbonyl (C=O) groups is 1. The van der Waals surface area contributed by atoms with Crippen LogP contribution in [0, 0.1) is 6.92 Å². The molecule has 0 atom stereocenters. The van der Waals surface area contributed by atoms with Crippen LogP contribution < -0.4 is 23.8 Å². The van der Waals surface area contributed by atoms with Gasteiger partial charge in [0.25, 0.3) is 10.0 Å². The van der Waals surface area contributed by atoms with Gasteiger partial charge in [-0.2, -0.15) is 11.8 Å². The average Bonchev–Trinajstić information content (AvgIpc) is 2.92. The van der Waals surface area contributed by atoms with Crippen molar-refractivity contribution in [2.24, 2.45) is 0 Å². The molecule has 0 unspecified atom stereocenters. The van der Waals surface area contributed by atoms with Crippen molar-refractivity contribution in [2.75, 3.05) is 44.0 Å². The van der Waals surface area contributed by atoms with Gasteiger partial charge in [0, 0.05) is 24.1 Å². The Morgan fingerprint density at radius 1 is 0.974 bits per heavy atom. The van der Waals surface area contributed by atoms with Crippen LogP contribution in [0.4, 0.5) is 5.69 Å². The zero-order valence-corrected chi connectivity index (χ0v) is 23.7. The molecule has 0 spiro atoms. The molecule has 204 valence electrons. The Kier molecular flexibility index (Phi) is 10.7. The van der Waals surface area contributed by atoms with E-state index in [-0.39, 0.29) is 17.2 Å². The number of nitrogens with one attached hydrogen (secondary N) is 1. The van der Waals surface area contributed by atoms with Crippen molar-refractivity contribution in [3.05, 3.63) is 77.9 Å². The Morgan fingerprint density at radius 2 is 1.68 bits per heavy atom. The Labute approximate surface area is 229 Å². The zero-order valence-electron chi connectivity index (χ0n) is 22.1. The highest BCUT2D eigenvalue weighted by molar-refractivity contribution is 7.98. The lowest BCUT2D eigenvalue weighted by Gasteiger charge is -2.24. The minimum Gasteiger partial charge on any atom is -0.494 e. The smallest absolute Gasteiger partial charge is 0.264 e. The molecule has 0 saturated carbocycles. The Balaban J connectivity index is 1.74. The second kappa shape index (κ2) is 14.0. The van der Waals surface area contributed by atoms with Crippen LogP contribution in [0.5, 0.6) is 17.2 Å². The standard InChI is InChI=1S/C28H34N2O6S2/c1-5-36-24-12-10-23(11-13-24)30(38(32,33)25-14-15-26(34-3)27(18-25)35-4)19-28(31)29-16-17-37-20-22-9-7-6-8-21(22)2/h6-15,18H,5,16-17,19-20H2,1-4H3,(H,29,31). The lowest BCUT2D eigenvalue weighted by Crippen LogP contribution is -2.41. The number of hydrogen-bond acceptors (Lipinski definition) is 7. The summed E-state index contributed by atoms with van der Waals surface area (Å²) in [4.78, 5) is 12.9. The first kappa shape index (κ1) is 29.2. The van der Waals surface area contributed by atoms with Crippen LogP contribution in [0.1, 0.15) is 18.1 Å². The number of methoxy groups -OCH3 is 2. The number of amides is 1. The molecule has 0 radical (unpaired) electrons. The van der Waals surface area contributed by atoms with Gasteiger partial charge in [0.15, 0.2) is 11.5 Å². The number of nitrogens with zero attached hydrogens (tertiary/aromatic N) is 1. The van der Waals surface area contributed by atoms with E-state index in [1.54, 1.807) is 36.0 Å². The van der Waals surface area contributed by atoms with Crippen LogP contribution in [-0.4, -0.2) is 54.0 Å². The van der Waals surface area contributed by atoms with Crippen LogP contribution in [0.15, 0.2) is 71.6 Å². The minimum absolute atomic E-state index is 0.0226. The summed E-state index contributed by atoms with van der Waals surface area (Å²) in [5.74, 6) is 2.42. The molecule has 0 bridgehead atoms. The van der Waals surface area contributed by atoms with Crippen LogP contribution in [0.3, 0.4) is 0 Å². The van der Waals surface area contributed by atoms with Gasteiger partial charge in [-0.3, -0.25) is 9.10 Å². The fourth-order valence-corrected chi connectivity index (χ4v) is 6.07. The zero-order chi connectivity index (χ0) is 27.5. The minimum atomic E-state index is -4.12. The summed E-state index contributed by atoms with van der Waals surface area (Å²) in [6.07, 6.45) is 0. The highest BCUT2D eigenvalue weighted by atomic mass is 32.2. The van der Waals surface area contributed by atoms with Gasteiger partial charge >= 0.3 is 0 Å². The first-order valence-electron chi connectivity index (χ1n) is 12.2. The number of sulfonamides is 1. The summed E-state index contributed by atoms with van der Waals surface area (Å²) in [7, 11) is -1.21. The molecule has 0 heterocycles. The van der Waals surface area contributed by atoms with Crippen molar-refractivity contribution in [1.82, 2.24) is 5.32 Å². The summed E-state index contributed by atoms with van der Waals surface area (Å²) in [5.41, 5.74) is 2.83. The number of carbonyl (C=O) groups excluding carboxylic acids is 1. The molecule has 8 nitrogen and oxygen atoms in total. The van der Waals surface area contributed by atoms with Gasteiger partial charge in [0.05, 0.1) is 31.4 Å². The second-order valence-corrected chi connectivity index (χ2v) is 11.3. The largest absolute Gasteiger partial charge is 0.494 e. The molecule has 10 heteroatoms. The van der Waals surface area contributed by atoms with Crippen LogP contribution in [0.25, 0.3) is 0 Å². The normalized spacial score (nSPS) is 11.1. The first-order chi connectivity index (χ1) is 18.3. The highest BCUT2D eigenvalue weighted by Gasteiger charge is 2.28. The second-order valence-electron chi connectivity index (χ2n) is 8.28. The monoisotopic (exact) mass is 558 g/mol. The summed E-state index contributed by atoms with van der Waals surface area (Å²) in [6.45, 7) is 4.46. The maximum atomic E-state index is 13.7. The van der Waals surface area contributed by atoms with E-state index in [1.165, 1.54) is 43.5 Å². The number of thioether (sulfide) groups is 1. The Hall–Kier alpha value is -3.37. The summed E-state index contributed by atoms with van der Waals surface area (Å²) < 4.78 is 44.5. The highest BCUT2D eigenvalue weighted by Crippen LogP contribution is 2.32. The number of rotatable bonds is 14. The summed E-state index contributed by atoms with van der Waals surface area (Å²) >= 11 is 1.71. The van der Waals surface area contributed by atoms with Crippen LogP contribution >= 0.6 is 11.8 Å². The van der Waals surface area contributed by atoms with Gasteiger partial charge in [-0.15, -0.1) is 0 Å². The third kappa shape index (κ3) is 7.58. The molecule has 1 amide bonds. The quantitative estimate of drug-likeness (QED) is 0.288. The van der Waals surface area contributed by atoms with Gasteiger partial charge < -0.3 is 19.5 Å². The van der Waals surface area contributed by atoms with Crippen molar-refractivity contribution < 1.29 is 27.4 Å². The van der Waals surface area contributed by atoms with Gasteiger partial charge in [-0.05, 0) is 61.4 Å². The van der Waals surface area contributed by atoms with Crippen molar-refractivity contribution in [2.45, 2.75) is 24.5 Å². The lowest BCUT2D eigenvalue weighted by molar-refractivity contribution is -0.119. The van der Waals surface area contributed by atoms with E-state index < -0.39 is 15.9 Å². The third-order valence-electron chi connectivity index (χ3n) is 5.75. The van der Waals surface area contributed by atoms with E-state index in [4.69, 9.17) is 14.2 Å². The number of benzene rings is 3. The predicted octanol–water partition coefficient (Wildman–Crippen LogP) is 4.66. The van der Waals surface area contributed by atoms with E-state index in [2.05, 4.69) is 24.4 Å². The molecule has 3 aromatic carbocycles. The van der Waals surface area contributed by atoms with E-state index in [0.29, 0.717) is 36.1 Å². The van der Waals surface area contributed by atoms with Gasteiger partial charge in [-0.1, -0.05) is 24.3 Å². The summed E-state index contributed by atoms with van der Waals surface area (Å²) in [6, 6.07) is 19.1. The number of anilines is 1. The fourth-order valence-electron chi connectivity index (χ4n) is 3.70. The number of ether oxygens (including phenoxy) is 3. The van der Waals surface area contributed by atoms with E-state index in [0.717, 1.165) is 10.1 Å². The average molecular weight is 559 g/mol. The number of aryl methyl sites for hydroxylation is 1. The van der Waals surface area contributed by atoms with Crippen molar-refractivity contribution in [3.63, 3.8) is 0 Å². The molecule has 38 heavy (non-hydrogen) atoms. The van der Waals surface area contributed by atoms with Crippen LogP contribution in [0.2, 0.25) is 0 Å². The Morgan fingerprint density at radius 3 is 2.34 bits per heavy atom. The molecule has 3 rings (SSSR count). The predicted molar refractivity (Wildman–Crippen MR) is 152 cm³/mol. The molecule has 0 aliphatic carbocycles. The molecule has 1 N–H and O–H groups in total. The summed E-state index contributed by atoms with van der Waals surface area (Å²) in [5, 5.41) is 2.84. The molecule has 0 aromatic heterocycles. The van der Waals surface area contributed by atoms with Gasteiger partial charge in [-0.25, -0.2) is 8.42 Å². The van der Waals surface area contributed by atoms with Gasteiger partial charge in [0.2, 0.25) is 5.91 Å². The van der Waals surface area contributed by atoms with E-state index in [9.17, 15) is 13.2 Å². The molecule has 0 fully saturated rings. The van der Waals surface area contributed by atoms with Crippen molar-refractivity contribution in [1.29, 1.82) is 0 Å². The lowest BCUT2D eigenvalue weighted by atomic mass is 10.1. The topological polar surface area (TPSA) is 94.2 Å². The fraction of sp³-hybridized carbons (Fsp3) is 0.321. The third-order valence-corrected chi connectivity index (χ3v) is 8.53. The molecule has 3 aromatic rings. The maximum absolute atomic E-state index is 13.7. The van der Waals surface area contributed by atoms with Crippen LogP contribution in [-0.2, 0) is 20.6 Å². The molecule has 0 aliphatic rings. The molecular formula is C28H34N2O6S2. The molecule has 0 aliphatic heterocycles. The SMILES string of the molecule is CCOc1ccc(N(CC(=O)NCCSCc2ccccc2C)S(=O)(=O)c2ccc(OC)c(OC)c2)cc1. The molecular weight excluding hydrogens is 524 g/mol. The molecule has 0 saturated heterocycles. The van der Waals surface area contributed by atoms with Gasteiger partial charge in [0.1, 0.15) is 12.3 Å². The number of hydrogen-bond donors (Lipinski definition) is 1. The Bertz CT molecular complexity index is 1310.